The molecule has 3 aliphatic heterocycles. The molecule has 9 heteroatoms. The predicted octanol–water partition coefficient (Wildman–Crippen LogP) is 0.629. The molecule has 2 bridgehead atoms. The van der Waals surface area contributed by atoms with E-state index in [9.17, 15) is 18.0 Å². The molecule has 0 N–H and O–H groups in total. The maximum absolute atomic E-state index is 12.0. The second-order valence-corrected chi connectivity index (χ2v) is 11.1. The number of halogens is 1. The molecule has 3 heterocycles. The lowest BCUT2D eigenvalue weighted by Crippen LogP contribution is -2.39. The van der Waals surface area contributed by atoms with Crippen molar-refractivity contribution in [1.29, 1.82) is 0 Å². The van der Waals surface area contributed by atoms with Crippen LogP contribution in [0.15, 0.2) is 0 Å². The fourth-order valence-electron chi connectivity index (χ4n) is 3.46. The molecule has 3 aliphatic rings. The minimum Gasteiger partial charge on any atom is -0.457 e. The van der Waals surface area contributed by atoms with Gasteiger partial charge in [-0.05, 0) is 19.8 Å². The van der Waals surface area contributed by atoms with Crippen LogP contribution in [0.3, 0.4) is 0 Å². The topological polar surface area (TPSA) is 96.0 Å². The number of alkyl halides is 1. The molecule has 6 atom stereocenters. The monoisotopic (exact) mass is 458 g/mol. The SMILES string of the molecule is CCC(C)(I)C(=O)OCC(=O)OC1C2CC3C(O2)C1CS3(=O)=O. The molecule has 3 rings (SSSR count). The van der Waals surface area contributed by atoms with Crippen molar-refractivity contribution in [3.63, 3.8) is 0 Å². The van der Waals surface area contributed by atoms with Crippen LogP contribution in [0.4, 0.5) is 0 Å². The number of carbonyl (C=O) groups is 2. The molecule has 0 saturated carbocycles. The molecule has 0 amide bonds. The zero-order chi connectivity index (χ0) is 17.0. The van der Waals surface area contributed by atoms with Crippen LogP contribution in [0.25, 0.3) is 0 Å². The fraction of sp³-hybridized carbons (Fsp3) is 0.857. The minimum absolute atomic E-state index is 0.00176. The smallest absolute Gasteiger partial charge is 0.344 e. The van der Waals surface area contributed by atoms with E-state index in [0.29, 0.717) is 12.8 Å². The van der Waals surface area contributed by atoms with Crippen LogP contribution in [0, 0.1) is 5.92 Å². The molecule has 0 aromatic heterocycles. The molecule has 0 spiro atoms. The molecule has 0 aromatic rings. The molecular weight excluding hydrogens is 439 g/mol. The third-order valence-electron chi connectivity index (χ3n) is 4.94. The lowest BCUT2D eigenvalue weighted by atomic mass is 9.88. The van der Waals surface area contributed by atoms with Gasteiger partial charge in [-0.15, -0.1) is 0 Å². The summed E-state index contributed by atoms with van der Waals surface area (Å²) in [6, 6.07) is 0. The van der Waals surface area contributed by atoms with Gasteiger partial charge in [0.2, 0.25) is 0 Å². The van der Waals surface area contributed by atoms with Crippen molar-refractivity contribution in [2.24, 2.45) is 5.92 Å². The van der Waals surface area contributed by atoms with Gasteiger partial charge in [-0.25, -0.2) is 13.2 Å². The van der Waals surface area contributed by atoms with Gasteiger partial charge in [0.15, 0.2) is 16.4 Å². The van der Waals surface area contributed by atoms with E-state index in [1.807, 2.05) is 29.5 Å². The van der Waals surface area contributed by atoms with Gasteiger partial charge in [0.1, 0.15) is 9.53 Å². The summed E-state index contributed by atoms with van der Waals surface area (Å²) in [7, 11) is -3.15. The predicted molar refractivity (Wildman–Crippen MR) is 87.9 cm³/mol. The second kappa shape index (κ2) is 5.83. The first-order chi connectivity index (χ1) is 10.7. The van der Waals surface area contributed by atoms with Crippen molar-refractivity contribution >= 4 is 44.4 Å². The normalized spacial score (nSPS) is 39.0. The first kappa shape index (κ1) is 17.4. The molecule has 3 fully saturated rings. The van der Waals surface area contributed by atoms with E-state index in [4.69, 9.17) is 14.2 Å². The standard InChI is InChI=1S/C14H19IO7S/c1-3-14(2,15)13(17)20-5-10(16)22-11-7-6-23(18,19)9-4-8(11)21-12(7)9/h7-9,11-12H,3-6H2,1-2H3. The fourth-order valence-corrected chi connectivity index (χ4v) is 5.94. The van der Waals surface area contributed by atoms with E-state index in [0.717, 1.165) is 0 Å². The molecule has 23 heavy (non-hydrogen) atoms. The van der Waals surface area contributed by atoms with Crippen LogP contribution >= 0.6 is 22.6 Å². The Balaban J connectivity index is 1.55. The van der Waals surface area contributed by atoms with Crippen molar-refractivity contribution in [3.8, 4) is 0 Å². The Morgan fingerprint density at radius 3 is 2.74 bits per heavy atom. The third kappa shape index (κ3) is 2.99. The highest BCUT2D eigenvalue weighted by Gasteiger charge is 2.65. The van der Waals surface area contributed by atoms with E-state index in [1.165, 1.54) is 0 Å². The Morgan fingerprint density at radius 2 is 2.09 bits per heavy atom. The summed E-state index contributed by atoms with van der Waals surface area (Å²) in [6.45, 7) is 3.12. The molecule has 130 valence electrons. The molecule has 0 radical (unpaired) electrons. The van der Waals surface area contributed by atoms with Gasteiger partial charge in [-0.3, -0.25) is 4.79 Å². The van der Waals surface area contributed by atoms with E-state index in [-0.39, 0.29) is 23.9 Å². The number of hydrogen-bond acceptors (Lipinski definition) is 7. The number of hydrogen-bond donors (Lipinski definition) is 0. The Hall–Kier alpha value is -0.420. The number of esters is 2. The van der Waals surface area contributed by atoms with Crippen LogP contribution in [0.5, 0.6) is 0 Å². The van der Waals surface area contributed by atoms with Crippen molar-refractivity contribution in [1.82, 2.24) is 0 Å². The minimum atomic E-state index is -3.15. The average Bonchev–Trinajstić information content (AvgIpc) is 3.08. The quantitative estimate of drug-likeness (QED) is 0.339. The van der Waals surface area contributed by atoms with Gasteiger partial charge in [0, 0.05) is 5.92 Å². The number of ether oxygens (including phenoxy) is 3. The number of fused-ring (bicyclic) bond motifs is 1. The van der Waals surface area contributed by atoms with E-state index >= 15 is 0 Å². The van der Waals surface area contributed by atoms with Crippen molar-refractivity contribution < 1.29 is 32.2 Å². The van der Waals surface area contributed by atoms with Gasteiger partial charge in [0.25, 0.3) is 0 Å². The highest BCUT2D eigenvalue weighted by molar-refractivity contribution is 14.1. The van der Waals surface area contributed by atoms with Crippen molar-refractivity contribution in [2.45, 2.75) is 53.7 Å². The Labute approximate surface area is 148 Å². The van der Waals surface area contributed by atoms with Gasteiger partial charge < -0.3 is 14.2 Å². The molecule has 0 aliphatic carbocycles. The molecule has 6 unspecified atom stereocenters. The van der Waals surface area contributed by atoms with E-state index in [1.54, 1.807) is 6.92 Å². The molecule has 3 saturated heterocycles. The summed E-state index contributed by atoms with van der Waals surface area (Å²) in [4.78, 5) is 23.8. The van der Waals surface area contributed by atoms with E-state index < -0.39 is 43.2 Å². The number of rotatable bonds is 5. The Kier molecular flexibility index (Phi) is 4.41. The number of carbonyl (C=O) groups excluding carboxylic acids is 2. The van der Waals surface area contributed by atoms with Crippen LogP contribution in [0.2, 0.25) is 0 Å². The first-order valence-electron chi connectivity index (χ1n) is 7.58. The van der Waals surface area contributed by atoms with Gasteiger partial charge >= 0.3 is 11.9 Å². The maximum Gasteiger partial charge on any atom is 0.344 e. The Bertz CT molecular complexity index is 629. The lowest BCUT2D eigenvalue weighted by molar-refractivity contribution is -0.165. The van der Waals surface area contributed by atoms with Crippen molar-refractivity contribution in [3.05, 3.63) is 0 Å². The van der Waals surface area contributed by atoms with Crippen LogP contribution in [-0.4, -0.2) is 59.7 Å². The maximum atomic E-state index is 12.0. The molecule has 0 aromatic carbocycles. The van der Waals surface area contributed by atoms with Gasteiger partial charge in [0.05, 0.1) is 23.2 Å². The summed E-state index contributed by atoms with van der Waals surface area (Å²) in [5, 5.41) is -0.449. The highest BCUT2D eigenvalue weighted by Crippen LogP contribution is 2.49. The largest absolute Gasteiger partial charge is 0.457 e. The summed E-state index contributed by atoms with van der Waals surface area (Å²) >= 11 is 1.98. The summed E-state index contributed by atoms with van der Waals surface area (Å²) in [6.07, 6.45) is -0.316. The van der Waals surface area contributed by atoms with Gasteiger partial charge in [-0.2, -0.15) is 0 Å². The highest BCUT2D eigenvalue weighted by atomic mass is 127. The zero-order valence-corrected chi connectivity index (χ0v) is 15.8. The van der Waals surface area contributed by atoms with Crippen LogP contribution < -0.4 is 0 Å². The van der Waals surface area contributed by atoms with Crippen molar-refractivity contribution in [2.75, 3.05) is 12.4 Å². The Morgan fingerprint density at radius 1 is 1.39 bits per heavy atom. The summed E-state index contributed by atoms with van der Waals surface area (Å²) in [5.41, 5.74) is 0. The average molecular weight is 458 g/mol. The first-order valence-corrected chi connectivity index (χ1v) is 10.4. The zero-order valence-electron chi connectivity index (χ0n) is 12.9. The third-order valence-corrected chi connectivity index (χ3v) is 8.37. The second-order valence-electron chi connectivity index (χ2n) is 6.49. The lowest BCUT2D eigenvalue weighted by Gasteiger charge is -2.24. The van der Waals surface area contributed by atoms with Crippen LogP contribution in [-0.2, 0) is 33.6 Å². The van der Waals surface area contributed by atoms with Crippen LogP contribution in [0.1, 0.15) is 26.7 Å². The summed E-state index contributed by atoms with van der Waals surface area (Å²) < 4.78 is 39.3. The number of sulfone groups is 1. The molecular formula is C14H19IO7S. The molecule has 7 nitrogen and oxygen atoms in total. The van der Waals surface area contributed by atoms with E-state index in [2.05, 4.69) is 0 Å². The van der Waals surface area contributed by atoms with Gasteiger partial charge in [-0.1, -0.05) is 29.5 Å². The summed E-state index contributed by atoms with van der Waals surface area (Å²) in [5.74, 6) is -1.43.